The fourth-order valence-electron chi connectivity index (χ4n) is 2.53. The molecule has 2 N–H and O–H groups in total. The lowest BCUT2D eigenvalue weighted by Crippen LogP contribution is -1.96. The van der Waals surface area contributed by atoms with E-state index >= 15 is 0 Å². The Hall–Kier alpha value is -1.03. The normalized spacial score (nSPS) is 11.3. The molecular formula is C16H24BrN3. The Morgan fingerprint density at radius 1 is 1.15 bits per heavy atom. The number of halogens is 1. The number of nitrogen functional groups attached to an aromatic ring is 1. The van der Waals surface area contributed by atoms with Gasteiger partial charge < -0.3 is 5.73 Å². The number of hydrogen-bond donors (Lipinski definition) is 1. The molecule has 0 aromatic carbocycles. The number of fused-ring (bicyclic) bond motifs is 1. The van der Waals surface area contributed by atoms with Crippen molar-refractivity contribution < 1.29 is 0 Å². The maximum Gasteiger partial charge on any atom is 0.153 e. The third kappa shape index (κ3) is 3.75. The predicted octanol–water partition coefficient (Wildman–Crippen LogP) is 4.97. The van der Waals surface area contributed by atoms with E-state index in [1.54, 1.807) is 0 Å². The number of unbranched alkanes of at least 4 members (excludes halogenated alkanes) is 6. The van der Waals surface area contributed by atoms with Gasteiger partial charge in [0.25, 0.3) is 0 Å². The molecule has 2 rings (SSSR count). The molecule has 0 unspecified atom stereocenters. The van der Waals surface area contributed by atoms with E-state index in [1.807, 2.05) is 22.7 Å². The van der Waals surface area contributed by atoms with E-state index in [4.69, 9.17) is 5.73 Å². The largest absolute Gasteiger partial charge is 0.383 e. The monoisotopic (exact) mass is 337 g/mol. The highest BCUT2D eigenvalue weighted by Gasteiger charge is 2.10. The Kier molecular flexibility index (Phi) is 5.89. The van der Waals surface area contributed by atoms with E-state index in [1.165, 1.54) is 44.9 Å². The molecule has 0 aliphatic carbocycles. The number of anilines is 1. The van der Waals surface area contributed by atoms with E-state index in [2.05, 4.69) is 27.8 Å². The molecule has 2 aromatic rings. The zero-order chi connectivity index (χ0) is 14.4. The number of aromatic nitrogens is 2. The first-order valence-corrected chi connectivity index (χ1v) is 8.44. The minimum absolute atomic E-state index is 0.785. The van der Waals surface area contributed by atoms with Crippen LogP contribution in [0, 0.1) is 0 Å². The molecule has 2 aromatic heterocycles. The van der Waals surface area contributed by atoms with Crippen LogP contribution in [-0.2, 0) is 6.42 Å². The zero-order valence-corrected chi connectivity index (χ0v) is 13.8. The van der Waals surface area contributed by atoms with E-state index < -0.39 is 0 Å². The van der Waals surface area contributed by atoms with Gasteiger partial charge in [-0.15, -0.1) is 0 Å². The zero-order valence-electron chi connectivity index (χ0n) is 12.2. The third-order valence-electron chi connectivity index (χ3n) is 3.73. The van der Waals surface area contributed by atoms with Gasteiger partial charge in [-0.05, 0) is 40.9 Å². The average molecular weight is 338 g/mol. The van der Waals surface area contributed by atoms with E-state index in [-0.39, 0.29) is 0 Å². The van der Waals surface area contributed by atoms with Crippen molar-refractivity contribution in [3.63, 3.8) is 0 Å². The Morgan fingerprint density at radius 2 is 1.85 bits per heavy atom. The van der Waals surface area contributed by atoms with Crippen molar-refractivity contribution >= 4 is 27.4 Å². The van der Waals surface area contributed by atoms with Crippen molar-refractivity contribution in [2.45, 2.75) is 58.3 Å². The van der Waals surface area contributed by atoms with Gasteiger partial charge in [0.2, 0.25) is 0 Å². The van der Waals surface area contributed by atoms with E-state index in [0.717, 1.165) is 28.1 Å². The lowest BCUT2D eigenvalue weighted by molar-refractivity contribution is 0.588. The number of rotatable bonds is 8. The van der Waals surface area contributed by atoms with Crippen molar-refractivity contribution in [1.29, 1.82) is 0 Å². The summed E-state index contributed by atoms with van der Waals surface area (Å²) in [5.41, 5.74) is 8.12. The molecule has 110 valence electrons. The molecule has 0 aliphatic rings. The van der Waals surface area contributed by atoms with Gasteiger partial charge in [-0.3, -0.25) is 4.40 Å². The molecule has 0 radical (unpaired) electrons. The molecular weight excluding hydrogens is 314 g/mol. The molecule has 0 saturated carbocycles. The van der Waals surface area contributed by atoms with Crippen molar-refractivity contribution in [2.75, 3.05) is 5.73 Å². The van der Waals surface area contributed by atoms with Crippen molar-refractivity contribution in [3.05, 3.63) is 28.5 Å². The molecule has 0 saturated heterocycles. The highest BCUT2D eigenvalue weighted by atomic mass is 79.9. The van der Waals surface area contributed by atoms with E-state index in [9.17, 15) is 0 Å². The van der Waals surface area contributed by atoms with Crippen LogP contribution in [-0.4, -0.2) is 9.38 Å². The number of hydrogen-bond acceptors (Lipinski definition) is 2. The Labute approximate surface area is 129 Å². The highest BCUT2D eigenvalue weighted by Crippen LogP contribution is 2.23. The van der Waals surface area contributed by atoms with Crippen LogP contribution in [0.4, 0.5) is 5.82 Å². The first kappa shape index (κ1) is 15.4. The summed E-state index contributed by atoms with van der Waals surface area (Å²) in [6, 6.07) is 3.98. The van der Waals surface area contributed by atoms with Gasteiger partial charge in [-0.1, -0.05) is 45.4 Å². The molecule has 0 fully saturated rings. The van der Waals surface area contributed by atoms with Gasteiger partial charge in [-0.25, -0.2) is 4.98 Å². The molecule has 0 spiro atoms. The van der Waals surface area contributed by atoms with Gasteiger partial charge in [0.05, 0.1) is 10.2 Å². The third-order valence-corrected chi connectivity index (χ3v) is 4.35. The number of aryl methyl sites for hydroxylation is 1. The lowest BCUT2D eigenvalue weighted by Gasteiger charge is -2.01. The van der Waals surface area contributed by atoms with Crippen LogP contribution in [0.1, 0.15) is 57.6 Å². The van der Waals surface area contributed by atoms with Crippen molar-refractivity contribution in [1.82, 2.24) is 9.38 Å². The van der Waals surface area contributed by atoms with Gasteiger partial charge >= 0.3 is 0 Å². The maximum absolute atomic E-state index is 6.17. The van der Waals surface area contributed by atoms with Crippen LogP contribution < -0.4 is 5.73 Å². The van der Waals surface area contributed by atoms with Crippen LogP contribution >= 0.6 is 15.9 Å². The second kappa shape index (κ2) is 7.67. The molecule has 0 bridgehead atoms. The summed E-state index contributed by atoms with van der Waals surface area (Å²) in [5.74, 6) is 0.785. The summed E-state index contributed by atoms with van der Waals surface area (Å²) < 4.78 is 2.96. The number of imidazole rings is 1. The first-order valence-electron chi connectivity index (χ1n) is 7.65. The van der Waals surface area contributed by atoms with Crippen LogP contribution in [0.3, 0.4) is 0 Å². The van der Waals surface area contributed by atoms with Crippen LogP contribution in [0.5, 0.6) is 0 Å². The number of nitrogens with zero attached hydrogens (tertiary/aromatic N) is 2. The van der Waals surface area contributed by atoms with Crippen LogP contribution in [0.2, 0.25) is 0 Å². The topological polar surface area (TPSA) is 43.3 Å². The number of pyridine rings is 1. The van der Waals surface area contributed by atoms with Gasteiger partial charge in [-0.2, -0.15) is 0 Å². The summed E-state index contributed by atoms with van der Waals surface area (Å²) in [5, 5.41) is 0. The minimum Gasteiger partial charge on any atom is -0.383 e. The summed E-state index contributed by atoms with van der Waals surface area (Å²) >= 11 is 3.52. The molecule has 2 heterocycles. The average Bonchev–Trinajstić information content (AvgIpc) is 2.77. The van der Waals surface area contributed by atoms with Crippen LogP contribution in [0.25, 0.3) is 5.65 Å². The summed E-state index contributed by atoms with van der Waals surface area (Å²) in [4.78, 5) is 4.65. The standard InChI is InChI=1S/C16H24BrN3/c1-2-3-4-5-6-7-8-11-14-15(18)20-12-9-10-13(17)16(20)19-14/h9-10,12H,2-8,11,18H2,1H3. The smallest absolute Gasteiger partial charge is 0.153 e. The molecule has 20 heavy (non-hydrogen) atoms. The summed E-state index contributed by atoms with van der Waals surface area (Å²) in [6.07, 6.45) is 12.2. The number of nitrogens with two attached hydrogens (primary N) is 1. The second-order valence-electron chi connectivity index (χ2n) is 5.36. The van der Waals surface area contributed by atoms with Crippen molar-refractivity contribution in [3.8, 4) is 0 Å². The molecule has 4 heteroatoms. The molecule has 0 atom stereocenters. The second-order valence-corrected chi connectivity index (χ2v) is 6.22. The van der Waals surface area contributed by atoms with E-state index in [0.29, 0.717) is 0 Å². The van der Waals surface area contributed by atoms with Gasteiger partial charge in [0.15, 0.2) is 5.65 Å². The lowest BCUT2D eigenvalue weighted by atomic mass is 10.1. The summed E-state index contributed by atoms with van der Waals surface area (Å²) in [7, 11) is 0. The Bertz CT molecular complexity index is 548. The molecule has 0 amide bonds. The minimum atomic E-state index is 0.785. The maximum atomic E-state index is 6.17. The van der Waals surface area contributed by atoms with Gasteiger partial charge in [0.1, 0.15) is 5.82 Å². The summed E-state index contributed by atoms with van der Waals surface area (Å²) in [6.45, 7) is 2.25. The first-order chi connectivity index (χ1) is 9.74. The highest BCUT2D eigenvalue weighted by molar-refractivity contribution is 9.10. The fourth-order valence-corrected chi connectivity index (χ4v) is 2.97. The quantitative estimate of drug-likeness (QED) is 0.691. The fraction of sp³-hybridized carbons (Fsp3) is 0.562. The SMILES string of the molecule is CCCCCCCCCc1nc2c(Br)cccn2c1N. The van der Waals surface area contributed by atoms with Crippen molar-refractivity contribution in [2.24, 2.45) is 0 Å². The van der Waals surface area contributed by atoms with Gasteiger partial charge in [0, 0.05) is 6.20 Å². The predicted molar refractivity (Wildman–Crippen MR) is 89.0 cm³/mol. The van der Waals surface area contributed by atoms with Crippen LogP contribution in [0.15, 0.2) is 22.8 Å². The Morgan fingerprint density at radius 3 is 2.55 bits per heavy atom. The molecule has 3 nitrogen and oxygen atoms in total. The Balaban J connectivity index is 1.84. The molecule has 0 aliphatic heterocycles.